The molecular weight excluding hydrogens is 339 g/mol. The maximum absolute atomic E-state index is 14.1. The van der Waals surface area contributed by atoms with Gasteiger partial charge in [0.25, 0.3) is 0 Å². The zero-order valence-electron chi connectivity index (χ0n) is 15.9. The summed E-state index contributed by atoms with van der Waals surface area (Å²) in [7, 11) is 2.04. The molecule has 0 aliphatic heterocycles. The number of fused-ring (bicyclic) bond motifs is 1. The highest BCUT2D eigenvalue weighted by Gasteiger charge is 2.34. The summed E-state index contributed by atoms with van der Waals surface area (Å²) in [5.41, 5.74) is 3.35. The van der Waals surface area contributed by atoms with Gasteiger partial charge in [-0.1, -0.05) is 42.5 Å². The molecule has 0 bridgehead atoms. The summed E-state index contributed by atoms with van der Waals surface area (Å²) in [6.07, 6.45) is 5.40. The first-order valence-electron chi connectivity index (χ1n) is 9.94. The van der Waals surface area contributed by atoms with Crippen molar-refractivity contribution in [3.63, 3.8) is 0 Å². The molecule has 0 heterocycles. The van der Waals surface area contributed by atoms with Gasteiger partial charge in [-0.05, 0) is 56.3 Å². The van der Waals surface area contributed by atoms with E-state index in [0.29, 0.717) is 18.7 Å². The molecule has 2 aliphatic carbocycles. The first-order valence-corrected chi connectivity index (χ1v) is 9.94. The number of hydrogen-bond acceptors (Lipinski definition) is 2. The van der Waals surface area contributed by atoms with E-state index in [2.05, 4.69) is 29.2 Å². The standard InChI is InChI=1S/C23H27FN2O/c1-25(22-12-6-9-17-7-2-4-10-20(17)22)16-23(27)26(19-13-14-19)15-18-8-3-5-11-21(18)24/h2-5,7-8,10-11,19,22H,6,9,12-16H2,1H3. The zero-order chi connectivity index (χ0) is 18.8. The van der Waals surface area contributed by atoms with Crippen LogP contribution in [0.2, 0.25) is 0 Å². The highest BCUT2D eigenvalue weighted by Crippen LogP contribution is 2.34. The zero-order valence-corrected chi connectivity index (χ0v) is 15.9. The van der Waals surface area contributed by atoms with E-state index in [-0.39, 0.29) is 23.8 Å². The van der Waals surface area contributed by atoms with E-state index in [9.17, 15) is 9.18 Å². The van der Waals surface area contributed by atoms with E-state index in [1.54, 1.807) is 12.1 Å². The van der Waals surface area contributed by atoms with E-state index in [1.807, 2.05) is 18.0 Å². The Balaban J connectivity index is 1.46. The van der Waals surface area contributed by atoms with Crippen LogP contribution in [-0.4, -0.2) is 35.3 Å². The van der Waals surface area contributed by atoms with Crippen molar-refractivity contribution in [1.29, 1.82) is 0 Å². The summed E-state index contributed by atoms with van der Waals surface area (Å²) < 4.78 is 14.1. The molecule has 0 N–H and O–H groups in total. The van der Waals surface area contributed by atoms with Gasteiger partial charge < -0.3 is 4.90 Å². The number of rotatable bonds is 6. The third-order valence-corrected chi connectivity index (χ3v) is 5.86. The number of carbonyl (C=O) groups excluding carboxylic acids is 1. The largest absolute Gasteiger partial charge is 0.334 e. The van der Waals surface area contributed by atoms with Crippen LogP contribution >= 0.6 is 0 Å². The first kappa shape index (κ1) is 18.2. The summed E-state index contributed by atoms with van der Waals surface area (Å²) in [4.78, 5) is 17.1. The minimum atomic E-state index is -0.231. The lowest BCUT2D eigenvalue weighted by Gasteiger charge is -2.34. The molecule has 2 aliphatic rings. The molecule has 4 heteroatoms. The molecule has 1 fully saturated rings. The summed E-state index contributed by atoms with van der Waals surface area (Å²) in [5.74, 6) is -0.128. The van der Waals surface area contributed by atoms with Crippen molar-refractivity contribution in [2.24, 2.45) is 0 Å². The van der Waals surface area contributed by atoms with Crippen LogP contribution in [0.3, 0.4) is 0 Å². The molecule has 0 radical (unpaired) electrons. The predicted octanol–water partition coefficient (Wildman–Crippen LogP) is 4.33. The van der Waals surface area contributed by atoms with Crippen molar-refractivity contribution in [1.82, 2.24) is 9.80 Å². The number of carbonyl (C=O) groups is 1. The lowest BCUT2D eigenvalue weighted by atomic mass is 9.87. The molecule has 1 unspecified atom stereocenters. The Bertz CT molecular complexity index is 818. The molecule has 0 aromatic heterocycles. The van der Waals surface area contributed by atoms with Gasteiger partial charge in [0.05, 0.1) is 6.54 Å². The molecule has 3 nitrogen and oxygen atoms in total. The van der Waals surface area contributed by atoms with Crippen LogP contribution in [0.5, 0.6) is 0 Å². The number of nitrogens with zero attached hydrogens (tertiary/aromatic N) is 2. The van der Waals surface area contributed by atoms with E-state index in [4.69, 9.17) is 0 Å². The van der Waals surface area contributed by atoms with Crippen molar-refractivity contribution >= 4 is 5.91 Å². The average Bonchev–Trinajstić information content (AvgIpc) is 3.51. The lowest BCUT2D eigenvalue weighted by molar-refractivity contribution is -0.134. The maximum Gasteiger partial charge on any atom is 0.237 e. The highest BCUT2D eigenvalue weighted by molar-refractivity contribution is 5.79. The van der Waals surface area contributed by atoms with E-state index < -0.39 is 0 Å². The van der Waals surface area contributed by atoms with Gasteiger partial charge in [0.1, 0.15) is 5.82 Å². The van der Waals surface area contributed by atoms with Crippen LogP contribution in [0.15, 0.2) is 48.5 Å². The van der Waals surface area contributed by atoms with Crippen molar-refractivity contribution in [2.45, 2.75) is 50.7 Å². The SMILES string of the molecule is CN(CC(=O)N(Cc1ccccc1F)C1CC1)C1CCCc2ccccc21. The summed E-state index contributed by atoms with van der Waals surface area (Å²) in [5, 5.41) is 0. The smallest absolute Gasteiger partial charge is 0.237 e. The normalized spacial score (nSPS) is 19.0. The molecule has 1 saturated carbocycles. The molecule has 2 aromatic rings. The van der Waals surface area contributed by atoms with Gasteiger partial charge in [-0.15, -0.1) is 0 Å². The Labute approximate surface area is 160 Å². The van der Waals surface area contributed by atoms with Crippen LogP contribution < -0.4 is 0 Å². The fourth-order valence-electron chi connectivity index (χ4n) is 4.22. The second-order valence-electron chi connectivity index (χ2n) is 7.87. The Hall–Kier alpha value is -2.20. The highest BCUT2D eigenvalue weighted by atomic mass is 19.1. The predicted molar refractivity (Wildman–Crippen MR) is 105 cm³/mol. The van der Waals surface area contributed by atoms with Crippen LogP contribution in [0.1, 0.15) is 48.4 Å². The molecule has 2 aromatic carbocycles. The van der Waals surface area contributed by atoms with Gasteiger partial charge in [0, 0.05) is 24.2 Å². The van der Waals surface area contributed by atoms with Gasteiger partial charge in [-0.25, -0.2) is 4.39 Å². The molecule has 1 amide bonds. The summed E-state index contributed by atoms with van der Waals surface area (Å²) in [6, 6.07) is 15.9. The Morgan fingerprint density at radius 3 is 2.59 bits per heavy atom. The van der Waals surface area contributed by atoms with Gasteiger partial charge >= 0.3 is 0 Å². The quantitative estimate of drug-likeness (QED) is 0.760. The molecule has 0 spiro atoms. The summed E-state index contributed by atoms with van der Waals surface area (Å²) >= 11 is 0. The van der Waals surface area contributed by atoms with Gasteiger partial charge in [0.15, 0.2) is 0 Å². The number of likely N-dealkylation sites (N-methyl/N-ethyl adjacent to an activating group) is 1. The minimum Gasteiger partial charge on any atom is -0.334 e. The number of aryl methyl sites for hydroxylation is 1. The van der Waals surface area contributed by atoms with Crippen molar-refractivity contribution in [2.75, 3.05) is 13.6 Å². The third-order valence-electron chi connectivity index (χ3n) is 5.86. The lowest BCUT2D eigenvalue weighted by Crippen LogP contribution is -2.41. The minimum absolute atomic E-state index is 0.103. The first-order chi connectivity index (χ1) is 13.1. The van der Waals surface area contributed by atoms with Crippen LogP contribution in [0.4, 0.5) is 4.39 Å². The molecular formula is C23H27FN2O. The van der Waals surface area contributed by atoms with Crippen molar-refractivity contribution in [3.05, 3.63) is 71.0 Å². The molecule has 1 atom stereocenters. The molecule has 4 rings (SSSR count). The fourth-order valence-corrected chi connectivity index (χ4v) is 4.22. The van der Waals surface area contributed by atoms with E-state index >= 15 is 0 Å². The van der Waals surface area contributed by atoms with Crippen molar-refractivity contribution < 1.29 is 9.18 Å². The fraction of sp³-hybridized carbons (Fsp3) is 0.435. The van der Waals surface area contributed by atoms with Gasteiger partial charge in [-0.2, -0.15) is 0 Å². The van der Waals surface area contributed by atoms with E-state index in [1.165, 1.54) is 17.2 Å². The van der Waals surface area contributed by atoms with Crippen LogP contribution in [-0.2, 0) is 17.8 Å². The molecule has 142 valence electrons. The number of hydrogen-bond donors (Lipinski definition) is 0. The van der Waals surface area contributed by atoms with Gasteiger partial charge in [0.2, 0.25) is 5.91 Å². The second kappa shape index (κ2) is 7.81. The van der Waals surface area contributed by atoms with Crippen molar-refractivity contribution in [3.8, 4) is 0 Å². The third kappa shape index (κ3) is 4.06. The molecule has 27 heavy (non-hydrogen) atoms. The van der Waals surface area contributed by atoms with Gasteiger partial charge in [-0.3, -0.25) is 9.69 Å². The van der Waals surface area contributed by atoms with E-state index in [0.717, 1.165) is 32.1 Å². The van der Waals surface area contributed by atoms with Crippen LogP contribution in [0.25, 0.3) is 0 Å². The average molecular weight is 366 g/mol. The topological polar surface area (TPSA) is 23.6 Å². The maximum atomic E-state index is 14.1. The number of benzene rings is 2. The van der Waals surface area contributed by atoms with Crippen LogP contribution in [0, 0.1) is 5.82 Å². The Kier molecular flexibility index (Phi) is 5.26. The monoisotopic (exact) mass is 366 g/mol. The Morgan fingerprint density at radius 2 is 1.81 bits per heavy atom. The molecule has 0 saturated heterocycles. The summed E-state index contributed by atoms with van der Waals surface area (Å²) in [6.45, 7) is 0.745. The second-order valence-corrected chi connectivity index (χ2v) is 7.87. The number of halogens is 1. The Morgan fingerprint density at radius 1 is 1.07 bits per heavy atom. The number of amides is 1.